The largest absolute Gasteiger partial charge is 0.357 e. The fraction of sp³-hybridized carbons (Fsp3) is 0.238. The van der Waals surface area contributed by atoms with E-state index in [2.05, 4.69) is 20.8 Å². The minimum atomic E-state index is -0.183. The van der Waals surface area contributed by atoms with Gasteiger partial charge in [-0.1, -0.05) is 53.7 Å². The van der Waals surface area contributed by atoms with Gasteiger partial charge in [-0.2, -0.15) is 0 Å². The molecule has 2 aromatic carbocycles. The molecular weight excluding hydrogens is 470 g/mol. The second-order valence-corrected chi connectivity index (χ2v) is 6.01. The van der Waals surface area contributed by atoms with Gasteiger partial charge >= 0.3 is 0 Å². The van der Waals surface area contributed by atoms with Crippen molar-refractivity contribution >= 4 is 29.9 Å². The molecule has 0 aliphatic heterocycles. The molecule has 148 valence electrons. The molecule has 3 aromatic rings. The Morgan fingerprint density at radius 3 is 2.57 bits per heavy atom. The predicted octanol–water partition coefficient (Wildman–Crippen LogP) is 4.40. The van der Waals surface area contributed by atoms with E-state index in [1.54, 1.807) is 12.1 Å². The van der Waals surface area contributed by atoms with Gasteiger partial charge in [0.15, 0.2) is 11.7 Å². The van der Waals surface area contributed by atoms with Crippen LogP contribution >= 0.6 is 24.0 Å². The van der Waals surface area contributed by atoms with Gasteiger partial charge in [0.05, 0.1) is 6.54 Å². The highest BCUT2D eigenvalue weighted by molar-refractivity contribution is 14.0. The first-order valence-corrected chi connectivity index (χ1v) is 9.03. The lowest BCUT2D eigenvalue weighted by Gasteiger charge is -2.11. The van der Waals surface area contributed by atoms with Crippen LogP contribution in [-0.4, -0.2) is 24.2 Å². The average molecular weight is 494 g/mol. The third kappa shape index (κ3) is 6.33. The van der Waals surface area contributed by atoms with E-state index >= 15 is 0 Å². The molecule has 0 aliphatic carbocycles. The molecule has 28 heavy (non-hydrogen) atoms. The van der Waals surface area contributed by atoms with Gasteiger partial charge in [0.1, 0.15) is 11.5 Å². The molecule has 2 N–H and O–H groups in total. The van der Waals surface area contributed by atoms with E-state index < -0.39 is 0 Å². The van der Waals surface area contributed by atoms with Crippen LogP contribution in [0.3, 0.4) is 0 Å². The van der Waals surface area contributed by atoms with Gasteiger partial charge in [-0.15, -0.1) is 24.0 Å². The quantitative estimate of drug-likeness (QED) is 0.291. The summed E-state index contributed by atoms with van der Waals surface area (Å²) in [6.07, 6.45) is 0.583. The smallest absolute Gasteiger partial charge is 0.191 e. The Hall–Kier alpha value is -2.42. The average Bonchev–Trinajstić information content (AvgIpc) is 3.17. The normalized spacial score (nSPS) is 11.0. The van der Waals surface area contributed by atoms with Crippen LogP contribution in [0.2, 0.25) is 0 Å². The molecule has 0 saturated carbocycles. The number of benzene rings is 2. The van der Waals surface area contributed by atoms with Gasteiger partial charge in [0, 0.05) is 24.7 Å². The Balaban J connectivity index is 0.00000280. The van der Waals surface area contributed by atoms with Crippen molar-refractivity contribution in [3.05, 3.63) is 77.7 Å². The molecule has 0 fully saturated rings. The second kappa shape index (κ2) is 11.4. The van der Waals surface area contributed by atoms with Crippen LogP contribution < -0.4 is 10.6 Å². The number of halogens is 2. The number of rotatable bonds is 7. The van der Waals surface area contributed by atoms with Crippen LogP contribution in [0, 0.1) is 5.82 Å². The highest BCUT2D eigenvalue weighted by atomic mass is 127. The van der Waals surface area contributed by atoms with Crippen LogP contribution in [0.4, 0.5) is 4.39 Å². The maximum absolute atomic E-state index is 13.7. The zero-order chi connectivity index (χ0) is 18.9. The van der Waals surface area contributed by atoms with Crippen molar-refractivity contribution in [3.8, 4) is 11.3 Å². The first-order chi connectivity index (χ1) is 13.3. The molecule has 0 unspecified atom stereocenters. The van der Waals surface area contributed by atoms with E-state index in [4.69, 9.17) is 4.52 Å². The standard InChI is InChI=1S/C21H23FN4O.HI/c1-2-23-21(24-13-12-16-8-6-7-11-19(16)22)25-15-18-14-20(27-26-18)17-9-4-3-5-10-17;/h3-11,14H,2,12-13,15H2,1H3,(H2,23,24,25);1H. The number of hydrogen-bond donors (Lipinski definition) is 2. The number of aliphatic imine (C=N–C) groups is 1. The van der Waals surface area contributed by atoms with Crippen molar-refractivity contribution in [1.82, 2.24) is 15.8 Å². The van der Waals surface area contributed by atoms with E-state index in [1.165, 1.54) is 6.07 Å². The molecule has 3 rings (SSSR count). The Labute approximate surface area is 181 Å². The van der Waals surface area contributed by atoms with Crippen molar-refractivity contribution in [2.24, 2.45) is 4.99 Å². The number of nitrogens with one attached hydrogen (secondary N) is 2. The summed E-state index contributed by atoms with van der Waals surface area (Å²) in [4.78, 5) is 4.52. The van der Waals surface area contributed by atoms with E-state index in [1.807, 2.05) is 49.4 Å². The Morgan fingerprint density at radius 2 is 1.82 bits per heavy atom. The number of nitrogens with zero attached hydrogens (tertiary/aromatic N) is 2. The minimum absolute atomic E-state index is 0. The predicted molar refractivity (Wildman–Crippen MR) is 120 cm³/mol. The van der Waals surface area contributed by atoms with Gasteiger partial charge in [-0.25, -0.2) is 9.38 Å². The lowest BCUT2D eigenvalue weighted by Crippen LogP contribution is -2.38. The summed E-state index contributed by atoms with van der Waals surface area (Å²) < 4.78 is 19.1. The number of hydrogen-bond acceptors (Lipinski definition) is 3. The van der Waals surface area contributed by atoms with Crippen LogP contribution in [0.15, 0.2) is 70.2 Å². The van der Waals surface area contributed by atoms with Gasteiger partial charge in [0.25, 0.3) is 0 Å². The summed E-state index contributed by atoms with van der Waals surface area (Å²) >= 11 is 0. The lowest BCUT2D eigenvalue weighted by molar-refractivity contribution is 0.424. The third-order valence-electron chi connectivity index (χ3n) is 4.01. The fourth-order valence-corrected chi connectivity index (χ4v) is 2.64. The van der Waals surface area contributed by atoms with Crippen molar-refractivity contribution in [1.29, 1.82) is 0 Å². The Morgan fingerprint density at radius 1 is 1.07 bits per heavy atom. The second-order valence-electron chi connectivity index (χ2n) is 6.01. The van der Waals surface area contributed by atoms with Crippen molar-refractivity contribution in [3.63, 3.8) is 0 Å². The molecule has 0 amide bonds. The topological polar surface area (TPSA) is 62.5 Å². The molecule has 1 heterocycles. The summed E-state index contributed by atoms with van der Waals surface area (Å²) in [5.41, 5.74) is 2.42. The molecule has 5 nitrogen and oxygen atoms in total. The van der Waals surface area contributed by atoms with Crippen LogP contribution in [-0.2, 0) is 13.0 Å². The molecule has 0 spiro atoms. The maximum Gasteiger partial charge on any atom is 0.191 e. The van der Waals surface area contributed by atoms with E-state index in [-0.39, 0.29) is 29.8 Å². The molecule has 0 saturated heterocycles. The fourth-order valence-electron chi connectivity index (χ4n) is 2.64. The summed E-state index contributed by atoms with van der Waals surface area (Å²) in [6.45, 7) is 3.71. The van der Waals surface area contributed by atoms with Gasteiger partial charge in [-0.05, 0) is 25.0 Å². The van der Waals surface area contributed by atoms with Crippen molar-refractivity contribution < 1.29 is 8.91 Å². The van der Waals surface area contributed by atoms with E-state index in [9.17, 15) is 4.39 Å². The van der Waals surface area contributed by atoms with Crippen LogP contribution in [0.5, 0.6) is 0 Å². The van der Waals surface area contributed by atoms with Crippen LogP contribution in [0.25, 0.3) is 11.3 Å². The monoisotopic (exact) mass is 494 g/mol. The molecular formula is C21H24FIN4O. The zero-order valence-electron chi connectivity index (χ0n) is 15.7. The van der Waals surface area contributed by atoms with Crippen molar-refractivity contribution in [2.45, 2.75) is 19.9 Å². The van der Waals surface area contributed by atoms with E-state index in [0.29, 0.717) is 31.0 Å². The first-order valence-electron chi connectivity index (χ1n) is 9.03. The summed E-state index contributed by atoms with van der Waals surface area (Å²) in [6, 6.07) is 18.5. The summed E-state index contributed by atoms with van der Waals surface area (Å²) in [7, 11) is 0. The van der Waals surface area contributed by atoms with Gasteiger partial charge in [0.2, 0.25) is 0 Å². The third-order valence-corrected chi connectivity index (χ3v) is 4.01. The van der Waals surface area contributed by atoms with E-state index in [0.717, 1.165) is 23.6 Å². The summed E-state index contributed by atoms with van der Waals surface area (Å²) in [5.74, 6) is 1.20. The molecule has 0 radical (unpaired) electrons. The highest BCUT2D eigenvalue weighted by Gasteiger charge is 2.07. The number of guanidine groups is 1. The molecule has 0 atom stereocenters. The van der Waals surface area contributed by atoms with Crippen molar-refractivity contribution in [2.75, 3.05) is 13.1 Å². The number of aromatic nitrogens is 1. The highest BCUT2D eigenvalue weighted by Crippen LogP contribution is 2.19. The van der Waals surface area contributed by atoms with Crippen LogP contribution in [0.1, 0.15) is 18.2 Å². The minimum Gasteiger partial charge on any atom is -0.357 e. The molecule has 7 heteroatoms. The molecule has 0 bridgehead atoms. The first kappa shape index (κ1) is 21.9. The molecule has 0 aliphatic rings. The SMILES string of the molecule is CCNC(=NCc1cc(-c2ccccc2)on1)NCCc1ccccc1F.I. The van der Waals surface area contributed by atoms with Gasteiger partial charge in [-0.3, -0.25) is 0 Å². The Bertz CT molecular complexity index is 883. The Kier molecular flexibility index (Phi) is 8.93. The van der Waals surface area contributed by atoms with Gasteiger partial charge < -0.3 is 15.2 Å². The lowest BCUT2D eigenvalue weighted by atomic mass is 10.1. The summed E-state index contributed by atoms with van der Waals surface area (Å²) in [5, 5.41) is 10.5. The zero-order valence-corrected chi connectivity index (χ0v) is 18.0. The molecule has 1 aromatic heterocycles. The maximum atomic E-state index is 13.7.